The van der Waals surface area contributed by atoms with Gasteiger partial charge in [0.05, 0.1) is 23.8 Å². The number of carbonyl (C=O) groups is 4. The van der Waals surface area contributed by atoms with Crippen molar-refractivity contribution in [2.75, 3.05) is 10.6 Å². The number of aromatic nitrogens is 4. The number of benzene rings is 2. The molecular formula is C46H61IN6O8. The lowest BCUT2D eigenvalue weighted by atomic mass is 10.1. The fourth-order valence-electron chi connectivity index (χ4n) is 5.21. The first-order chi connectivity index (χ1) is 28.2. The number of unbranched alkanes of at least 4 members (excludes halogenated alkanes) is 4. The lowest BCUT2D eigenvalue weighted by Gasteiger charge is -2.22. The van der Waals surface area contributed by atoms with E-state index in [0.717, 1.165) is 33.1 Å². The molecule has 2 aromatic heterocycles. The number of ether oxygens (including phenoxy) is 4. The van der Waals surface area contributed by atoms with Crippen LogP contribution in [0, 0.1) is 15.4 Å². The fraction of sp³-hybridized carbons (Fsp3) is 0.478. The van der Waals surface area contributed by atoms with Gasteiger partial charge in [-0.15, -0.1) is 0 Å². The number of hydrogen-bond acceptors (Lipinski definition) is 10. The molecule has 0 saturated carbocycles. The summed E-state index contributed by atoms with van der Waals surface area (Å²) in [6.07, 6.45) is 5.99. The monoisotopic (exact) mass is 952 g/mol. The second-order valence-corrected chi connectivity index (χ2v) is 19.3. The molecule has 0 aliphatic carbocycles. The van der Waals surface area contributed by atoms with E-state index in [1.807, 2.05) is 48.5 Å². The number of nitrogens with one attached hydrogen (secondary N) is 2. The number of imidazole rings is 2. The highest BCUT2D eigenvalue weighted by atomic mass is 127. The molecule has 14 nitrogen and oxygen atoms in total. The van der Waals surface area contributed by atoms with Crippen LogP contribution in [0.4, 0.5) is 31.1 Å². The van der Waals surface area contributed by atoms with Crippen LogP contribution >= 0.6 is 22.6 Å². The summed E-state index contributed by atoms with van der Waals surface area (Å²) >= 11 is 2.20. The number of amides is 2. The van der Waals surface area contributed by atoms with Crippen molar-refractivity contribution in [1.29, 1.82) is 0 Å². The fourth-order valence-corrected chi connectivity index (χ4v) is 5.57. The highest BCUT2D eigenvalue weighted by Crippen LogP contribution is 2.28. The molecule has 2 heterocycles. The van der Waals surface area contributed by atoms with Crippen LogP contribution in [0.15, 0.2) is 60.9 Å². The molecule has 330 valence electrons. The number of rotatable bonds is 8. The van der Waals surface area contributed by atoms with Gasteiger partial charge in [-0.3, -0.25) is 10.6 Å². The molecule has 0 aliphatic heterocycles. The second kappa shape index (κ2) is 21.4. The van der Waals surface area contributed by atoms with Gasteiger partial charge in [-0.2, -0.15) is 0 Å². The van der Waals surface area contributed by atoms with Crippen molar-refractivity contribution >= 4 is 58.9 Å². The SMILES string of the molecule is CC(C)(C)OC(=O)Nc1ncc(-c2ccc(I)cc2)n1C(=O)OC(C)(C)C.CCCCCCC#Cc1ccc(-c2cnc(NC(=O)OC(C)(C)C)n2C(=O)OC(C)(C)C)cc1. The molecule has 0 radical (unpaired) electrons. The molecule has 0 fully saturated rings. The summed E-state index contributed by atoms with van der Waals surface area (Å²) in [6, 6.07) is 15.1. The molecule has 2 N–H and O–H groups in total. The topological polar surface area (TPSA) is 165 Å². The van der Waals surface area contributed by atoms with Crippen molar-refractivity contribution < 1.29 is 38.1 Å². The maximum absolute atomic E-state index is 13.0. The molecular weight excluding hydrogens is 891 g/mol. The summed E-state index contributed by atoms with van der Waals surface area (Å²) in [6.45, 7) is 23.4. The molecule has 0 atom stereocenters. The first-order valence-electron chi connectivity index (χ1n) is 20.2. The largest absolute Gasteiger partial charge is 0.444 e. The van der Waals surface area contributed by atoms with Gasteiger partial charge >= 0.3 is 24.4 Å². The number of carbonyl (C=O) groups excluding carboxylic acids is 4. The Morgan fingerprint density at radius 2 is 0.984 bits per heavy atom. The van der Waals surface area contributed by atoms with Crippen molar-refractivity contribution in [3.05, 3.63) is 70.1 Å². The Bertz CT molecular complexity index is 2170. The minimum atomic E-state index is -0.724. The van der Waals surface area contributed by atoms with Gasteiger partial charge in [0.25, 0.3) is 0 Å². The standard InChI is InChI=1S/C27H37N3O4.C19H24IN3O4/c1-8-9-10-11-12-13-14-20-15-17-21(18-16-20)22-19-28-23(29-24(31)33-26(2,3)4)30(22)25(32)34-27(5,6)7;1-18(2,3)26-16(24)22-15-21-11-14(12-7-9-13(20)10-8-12)23(15)17(25)27-19(4,5)6/h15-19H,8-12H2,1-7H3,(H,28,29,31);7-11H,1-6H3,(H,21,22,24). The molecule has 4 rings (SSSR count). The zero-order valence-electron chi connectivity index (χ0n) is 37.7. The molecule has 0 bridgehead atoms. The predicted molar refractivity (Wildman–Crippen MR) is 247 cm³/mol. The molecule has 15 heteroatoms. The van der Waals surface area contributed by atoms with Crippen LogP contribution in [-0.4, -0.2) is 65.9 Å². The molecule has 2 aromatic carbocycles. The predicted octanol–water partition coefficient (Wildman–Crippen LogP) is 12.3. The van der Waals surface area contributed by atoms with Gasteiger partial charge in [0, 0.05) is 26.7 Å². The number of hydrogen-bond donors (Lipinski definition) is 2. The van der Waals surface area contributed by atoms with Crippen molar-refractivity contribution in [2.45, 2.75) is 145 Å². The van der Waals surface area contributed by atoms with E-state index in [-0.39, 0.29) is 11.9 Å². The Balaban J connectivity index is 0.000000334. The van der Waals surface area contributed by atoms with E-state index in [1.54, 1.807) is 83.1 Å². The van der Waals surface area contributed by atoms with Crippen LogP contribution < -0.4 is 10.6 Å². The van der Waals surface area contributed by atoms with Crippen molar-refractivity contribution in [2.24, 2.45) is 0 Å². The summed E-state index contributed by atoms with van der Waals surface area (Å²) in [7, 11) is 0. The van der Waals surface area contributed by atoms with Gasteiger partial charge in [0.1, 0.15) is 22.4 Å². The Kier molecular flexibility index (Phi) is 17.6. The molecule has 0 spiro atoms. The van der Waals surface area contributed by atoms with E-state index in [1.165, 1.54) is 40.8 Å². The van der Waals surface area contributed by atoms with Gasteiger partial charge in [-0.1, -0.05) is 62.3 Å². The molecule has 0 saturated heterocycles. The average Bonchev–Trinajstić information content (AvgIpc) is 3.72. The smallest absolute Gasteiger partial charge is 0.421 e. The highest BCUT2D eigenvalue weighted by Gasteiger charge is 2.28. The zero-order valence-corrected chi connectivity index (χ0v) is 39.9. The lowest BCUT2D eigenvalue weighted by Crippen LogP contribution is -2.31. The van der Waals surface area contributed by atoms with Crippen LogP contribution in [-0.2, 0) is 18.9 Å². The maximum Gasteiger partial charge on any atom is 0.421 e. The van der Waals surface area contributed by atoms with Crippen LogP contribution in [0.5, 0.6) is 0 Å². The number of anilines is 2. The summed E-state index contributed by atoms with van der Waals surface area (Å²) in [4.78, 5) is 58.7. The summed E-state index contributed by atoms with van der Waals surface area (Å²) < 4.78 is 25.1. The van der Waals surface area contributed by atoms with E-state index in [2.05, 4.69) is 62.0 Å². The first-order valence-corrected chi connectivity index (χ1v) is 21.3. The van der Waals surface area contributed by atoms with Crippen molar-refractivity contribution in [3.63, 3.8) is 0 Å². The van der Waals surface area contributed by atoms with E-state index in [4.69, 9.17) is 18.9 Å². The zero-order chi connectivity index (χ0) is 45.8. The summed E-state index contributed by atoms with van der Waals surface area (Å²) in [5, 5.41) is 5.08. The highest BCUT2D eigenvalue weighted by molar-refractivity contribution is 14.1. The number of halogens is 1. The van der Waals surface area contributed by atoms with E-state index in [0.29, 0.717) is 11.4 Å². The van der Waals surface area contributed by atoms with Gasteiger partial charge in [0.2, 0.25) is 11.9 Å². The van der Waals surface area contributed by atoms with Crippen molar-refractivity contribution in [3.8, 4) is 34.4 Å². The molecule has 0 aliphatic rings. The van der Waals surface area contributed by atoms with Gasteiger partial charge in [0.15, 0.2) is 0 Å². The third-order valence-corrected chi connectivity index (χ3v) is 8.33. The third-order valence-electron chi connectivity index (χ3n) is 7.61. The molecule has 0 unspecified atom stereocenters. The normalized spacial score (nSPS) is 11.6. The minimum absolute atomic E-state index is 0.0226. The van der Waals surface area contributed by atoms with Crippen LogP contribution in [0.3, 0.4) is 0 Å². The van der Waals surface area contributed by atoms with Crippen molar-refractivity contribution in [1.82, 2.24) is 19.1 Å². The second-order valence-electron chi connectivity index (χ2n) is 18.0. The van der Waals surface area contributed by atoms with Gasteiger partial charge in [-0.05, 0) is 136 Å². The minimum Gasteiger partial charge on any atom is -0.444 e. The molecule has 4 aromatic rings. The first kappa shape index (κ1) is 50.0. The van der Waals surface area contributed by atoms with Crippen LogP contribution in [0.1, 0.15) is 128 Å². The van der Waals surface area contributed by atoms with Crippen LogP contribution in [0.25, 0.3) is 22.5 Å². The van der Waals surface area contributed by atoms with E-state index < -0.39 is 46.8 Å². The Morgan fingerprint density at radius 1 is 0.590 bits per heavy atom. The maximum atomic E-state index is 13.0. The quantitative estimate of drug-likeness (QED) is 0.0751. The Labute approximate surface area is 374 Å². The summed E-state index contributed by atoms with van der Waals surface area (Å²) in [5.41, 5.74) is 0.609. The van der Waals surface area contributed by atoms with Crippen LogP contribution in [0.2, 0.25) is 0 Å². The average molecular weight is 953 g/mol. The lowest BCUT2D eigenvalue weighted by molar-refractivity contribution is 0.0526. The molecule has 2 amide bonds. The summed E-state index contributed by atoms with van der Waals surface area (Å²) in [5.74, 6) is 6.46. The Hall–Kier alpha value is -5.37. The third kappa shape index (κ3) is 17.6. The van der Waals surface area contributed by atoms with Gasteiger partial charge < -0.3 is 18.9 Å². The van der Waals surface area contributed by atoms with Gasteiger partial charge in [-0.25, -0.2) is 38.3 Å². The van der Waals surface area contributed by atoms with E-state index in [9.17, 15) is 19.2 Å². The van der Waals surface area contributed by atoms with E-state index >= 15 is 0 Å². The molecule has 61 heavy (non-hydrogen) atoms. The number of nitrogens with zero attached hydrogens (tertiary/aromatic N) is 4. The Morgan fingerprint density at radius 3 is 1.36 bits per heavy atom.